The third kappa shape index (κ3) is 2.17. The number of rotatable bonds is 0. The van der Waals surface area contributed by atoms with Crippen LogP contribution in [0.1, 0.15) is 5.69 Å². The number of alkyl halides is 3. The summed E-state index contributed by atoms with van der Waals surface area (Å²) >= 11 is 11.1. The Morgan fingerprint density at radius 3 is 2.29 bits per heavy atom. The van der Waals surface area contributed by atoms with Crippen molar-refractivity contribution in [2.75, 3.05) is 0 Å². The van der Waals surface area contributed by atoms with E-state index in [1.54, 1.807) is 0 Å². The van der Waals surface area contributed by atoms with Crippen LogP contribution in [0.3, 0.4) is 0 Å². The predicted octanol–water partition coefficient (Wildman–Crippen LogP) is 4.70. The van der Waals surface area contributed by atoms with E-state index in [9.17, 15) is 17.6 Å². The first kappa shape index (κ1) is 12.4. The van der Waals surface area contributed by atoms with Crippen LogP contribution < -0.4 is 0 Å². The number of nitrogens with zero attached hydrogens (tertiary/aromatic N) is 1. The number of benzene rings is 1. The minimum Gasteiger partial charge on any atom is -0.240 e. The largest absolute Gasteiger partial charge is 0.433 e. The summed E-state index contributed by atoms with van der Waals surface area (Å²) in [5.74, 6) is -1.02. The SMILES string of the molecule is Fc1c(Cl)ccc2c(Cl)cc(C(F)(F)F)nc12. The van der Waals surface area contributed by atoms with Crippen molar-refractivity contribution in [2.24, 2.45) is 0 Å². The van der Waals surface area contributed by atoms with E-state index in [1.807, 2.05) is 0 Å². The van der Waals surface area contributed by atoms with Crippen molar-refractivity contribution in [3.63, 3.8) is 0 Å². The Morgan fingerprint density at radius 2 is 1.71 bits per heavy atom. The van der Waals surface area contributed by atoms with E-state index in [0.29, 0.717) is 6.07 Å². The van der Waals surface area contributed by atoms with Gasteiger partial charge in [0.15, 0.2) is 5.82 Å². The lowest BCUT2D eigenvalue weighted by Crippen LogP contribution is -2.08. The Balaban J connectivity index is 2.84. The lowest BCUT2D eigenvalue weighted by atomic mass is 10.2. The molecule has 0 bridgehead atoms. The fraction of sp³-hybridized carbons (Fsp3) is 0.100. The van der Waals surface area contributed by atoms with E-state index in [0.717, 1.165) is 0 Å². The molecule has 0 amide bonds. The molecule has 1 aromatic heterocycles. The second-order valence-corrected chi connectivity index (χ2v) is 4.06. The molecule has 0 aliphatic rings. The Labute approximate surface area is 103 Å². The third-order valence-electron chi connectivity index (χ3n) is 2.11. The zero-order valence-electron chi connectivity index (χ0n) is 7.95. The molecule has 2 rings (SSSR count). The summed E-state index contributed by atoms with van der Waals surface area (Å²) in [6.07, 6.45) is -4.69. The summed E-state index contributed by atoms with van der Waals surface area (Å²) < 4.78 is 50.9. The second kappa shape index (κ2) is 3.99. The molecule has 0 fully saturated rings. The minimum absolute atomic E-state index is 0.0848. The Morgan fingerprint density at radius 1 is 1.06 bits per heavy atom. The van der Waals surface area contributed by atoms with E-state index in [2.05, 4.69) is 4.98 Å². The van der Waals surface area contributed by atoms with Gasteiger partial charge in [-0.15, -0.1) is 0 Å². The van der Waals surface area contributed by atoms with Gasteiger partial charge in [-0.1, -0.05) is 23.2 Å². The smallest absolute Gasteiger partial charge is 0.240 e. The maximum atomic E-state index is 13.5. The molecule has 2 aromatic rings. The van der Waals surface area contributed by atoms with Gasteiger partial charge in [-0.25, -0.2) is 9.37 Å². The van der Waals surface area contributed by atoms with E-state index in [4.69, 9.17) is 23.2 Å². The zero-order chi connectivity index (χ0) is 12.8. The van der Waals surface area contributed by atoms with Crippen LogP contribution in [-0.2, 0) is 6.18 Å². The number of hydrogen-bond donors (Lipinski definition) is 0. The minimum atomic E-state index is -4.69. The number of halogens is 6. The summed E-state index contributed by atoms with van der Waals surface area (Å²) in [7, 11) is 0. The van der Waals surface area contributed by atoms with Crippen molar-refractivity contribution >= 4 is 34.1 Å². The van der Waals surface area contributed by atoms with Crippen LogP contribution in [0.2, 0.25) is 10.0 Å². The van der Waals surface area contributed by atoms with Gasteiger partial charge in [0.05, 0.1) is 10.0 Å². The number of pyridine rings is 1. The summed E-state index contributed by atoms with van der Waals surface area (Å²) in [5.41, 5.74) is -1.74. The molecule has 0 N–H and O–H groups in total. The van der Waals surface area contributed by atoms with Gasteiger partial charge in [-0.2, -0.15) is 13.2 Å². The fourth-order valence-corrected chi connectivity index (χ4v) is 1.75. The van der Waals surface area contributed by atoms with Crippen molar-refractivity contribution in [2.45, 2.75) is 6.18 Å². The molecular formula is C10H3Cl2F4N. The summed E-state index contributed by atoms with van der Waals surface area (Å²) in [6, 6.07) is 3.17. The van der Waals surface area contributed by atoms with Crippen LogP contribution in [0.5, 0.6) is 0 Å². The fourth-order valence-electron chi connectivity index (χ4n) is 1.34. The molecule has 17 heavy (non-hydrogen) atoms. The van der Waals surface area contributed by atoms with Crippen LogP contribution in [0.15, 0.2) is 18.2 Å². The van der Waals surface area contributed by atoms with Gasteiger partial charge in [0.1, 0.15) is 11.2 Å². The topological polar surface area (TPSA) is 12.9 Å². The zero-order valence-corrected chi connectivity index (χ0v) is 9.46. The van der Waals surface area contributed by atoms with E-state index in [1.165, 1.54) is 12.1 Å². The highest BCUT2D eigenvalue weighted by Crippen LogP contribution is 2.34. The summed E-state index contributed by atoms with van der Waals surface area (Å²) in [4.78, 5) is 3.20. The molecule has 0 radical (unpaired) electrons. The quantitative estimate of drug-likeness (QED) is 0.639. The van der Waals surface area contributed by atoms with Gasteiger partial charge >= 0.3 is 6.18 Å². The highest BCUT2D eigenvalue weighted by atomic mass is 35.5. The first-order chi connectivity index (χ1) is 7.80. The summed E-state index contributed by atoms with van der Waals surface area (Å²) in [5, 5.41) is -0.445. The maximum Gasteiger partial charge on any atom is 0.433 e. The Hall–Kier alpha value is -1.07. The highest BCUT2D eigenvalue weighted by molar-refractivity contribution is 6.36. The molecular weight excluding hydrogens is 281 g/mol. The van der Waals surface area contributed by atoms with Gasteiger partial charge < -0.3 is 0 Å². The average Bonchev–Trinajstić information content (AvgIpc) is 2.22. The monoisotopic (exact) mass is 283 g/mol. The molecule has 7 heteroatoms. The van der Waals surface area contributed by atoms with Crippen molar-refractivity contribution in [3.8, 4) is 0 Å². The second-order valence-electron chi connectivity index (χ2n) is 3.24. The Kier molecular flexibility index (Phi) is 2.91. The van der Waals surface area contributed by atoms with Crippen molar-refractivity contribution in [1.29, 1.82) is 0 Å². The van der Waals surface area contributed by atoms with E-state index < -0.39 is 23.2 Å². The van der Waals surface area contributed by atoms with Crippen LogP contribution in [0.4, 0.5) is 17.6 Å². The number of aromatic nitrogens is 1. The predicted molar refractivity (Wildman–Crippen MR) is 56.7 cm³/mol. The van der Waals surface area contributed by atoms with Gasteiger partial charge in [0.2, 0.25) is 0 Å². The van der Waals surface area contributed by atoms with Crippen LogP contribution in [-0.4, -0.2) is 4.98 Å². The lowest BCUT2D eigenvalue weighted by Gasteiger charge is -2.09. The van der Waals surface area contributed by atoms with Crippen LogP contribution >= 0.6 is 23.2 Å². The lowest BCUT2D eigenvalue weighted by molar-refractivity contribution is -0.140. The number of fused-ring (bicyclic) bond motifs is 1. The van der Waals surface area contributed by atoms with Crippen molar-refractivity contribution in [3.05, 3.63) is 39.8 Å². The highest BCUT2D eigenvalue weighted by Gasteiger charge is 2.33. The van der Waals surface area contributed by atoms with Crippen LogP contribution in [0, 0.1) is 5.82 Å². The van der Waals surface area contributed by atoms with Gasteiger partial charge in [-0.05, 0) is 18.2 Å². The molecule has 0 saturated heterocycles. The first-order valence-electron chi connectivity index (χ1n) is 4.32. The molecule has 0 saturated carbocycles. The normalized spacial score (nSPS) is 12.1. The van der Waals surface area contributed by atoms with E-state index in [-0.39, 0.29) is 15.4 Å². The van der Waals surface area contributed by atoms with Crippen molar-refractivity contribution in [1.82, 2.24) is 4.98 Å². The molecule has 1 nitrogen and oxygen atoms in total. The van der Waals surface area contributed by atoms with Gasteiger partial charge in [0.25, 0.3) is 0 Å². The maximum absolute atomic E-state index is 13.5. The molecule has 0 aliphatic carbocycles. The molecule has 0 atom stereocenters. The molecule has 0 spiro atoms. The first-order valence-corrected chi connectivity index (χ1v) is 5.08. The molecule has 0 unspecified atom stereocenters. The Bertz CT molecular complexity index is 595. The number of hydrogen-bond acceptors (Lipinski definition) is 1. The molecule has 0 aliphatic heterocycles. The summed E-state index contributed by atoms with van der Waals surface area (Å²) in [6.45, 7) is 0. The van der Waals surface area contributed by atoms with Crippen molar-refractivity contribution < 1.29 is 17.6 Å². The third-order valence-corrected chi connectivity index (χ3v) is 2.72. The molecule has 90 valence electrons. The van der Waals surface area contributed by atoms with Gasteiger partial charge in [0, 0.05) is 5.39 Å². The average molecular weight is 284 g/mol. The molecule has 1 aromatic carbocycles. The molecule has 1 heterocycles. The standard InChI is InChI=1S/C10H3Cl2F4N/c11-5-2-1-4-6(12)3-7(10(14,15)16)17-9(4)8(5)13/h1-3H. The van der Waals surface area contributed by atoms with Gasteiger partial charge in [-0.3, -0.25) is 0 Å². The van der Waals surface area contributed by atoms with E-state index >= 15 is 0 Å². The van der Waals surface area contributed by atoms with Crippen LogP contribution in [0.25, 0.3) is 10.9 Å².